The van der Waals surface area contributed by atoms with Crippen molar-refractivity contribution in [2.24, 2.45) is 10.4 Å². The molecule has 0 saturated carbocycles. The normalized spacial score (nSPS) is 13.9. The maximum atomic E-state index is 9.59. The third-order valence-corrected chi connectivity index (χ3v) is 4.58. The van der Waals surface area contributed by atoms with E-state index in [1.54, 1.807) is 0 Å². The number of aliphatic imine (C=N–C) groups is 1. The van der Waals surface area contributed by atoms with Crippen LogP contribution in [0.2, 0.25) is 0 Å². The zero-order valence-corrected chi connectivity index (χ0v) is 17.6. The molecule has 0 aromatic heterocycles. The number of hydrogen-bond acceptors (Lipinski definition) is 4. The van der Waals surface area contributed by atoms with Crippen molar-refractivity contribution in [2.75, 3.05) is 39.5 Å². The highest BCUT2D eigenvalue weighted by Crippen LogP contribution is 2.21. The van der Waals surface area contributed by atoms with E-state index < -0.39 is 0 Å². The summed E-state index contributed by atoms with van der Waals surface area (Å²) < 4.78 is 11.2. The van der Waals surface area contributed by atoms with Crippen molar-refractivity contribution >= 4 is 5.96 Å². The largest absolute Gasteiger partial charge is 0.491 e. The number of guanidine groups is 1. The standard InChI is InChI=1S/C21H37N3O3/c1-6-21(5,16-25)15-24-20(22-7-2)23-14-18-10-9-17(4)13-19(18)27-12-11-26-8-3/h9-10,13,25H,6-8,11-12,14-16H2,1-5H3,(H2,22,23,24). The number of aliphatic hydroxyl groups excluding tert-OH is 1. The van der Waals surface area contributed by atoms with E-state index in [1.807, 2.05) is 19.9 Å². The van der Waals surface area contributed by atoms with Crippen LogP contribution < -0.4 is 15.4 Å². The average molecular weight is 380 g/mol. The van der Waals surface area contributed by atoms with Gasteiger partial charge in [-0.2, -0.15) is 0 Å². The molecular weight excluding hydrogens is 342 g/mol. The van der Waals surface area contributed by atoms with Crippen molar-refractivity contribution < 1.29 is 14.6 Å². The smallest absolute Gasteiger partial charge is 0.191 e. The van der Waals surface area contributed by atoms with Gasteiger partial charge in [-0.25, -0.2) is 4.99 Å². The van der Waals surface area contributed by atoms with Gasteiger partial charge in [0.15, 0.2) is 5.96 Å². The van der Waals surface area contributed by atoms with E-state index in [2.05, 4.69) is 43.5 Å². The highest BCUT2D eigenvalue weighted by molar-refractivity contribution is 5.79. The SMILES string of the molecule is CCNC(=NCc1ccc(C)cc1OCCOCC)NCC(C)(CC)CO. The van der Waals surface area contributed by atoms with Crippen LogP contribution in [0.5, 0.6) is 5.75 Å². The number of nitrogens with zero attached hydrogens (tertiary/aromatic N) is 1. The molecule has 0 heterocycles. The molecule has 27 heavy (non-hydrogen) atoms. The van der Waals surface area contributed by atoms with Crippen molar-refractivity contribution in [2.45, 2.75) is 47.6 Å². The first-order valence-corrected chi connectivity index (χ1v) is 9.91. The summed E-state index contributed by atoms with van der Waals surface area (Å²) in [4.78, 5) is 4.69. The minimum absolute atomic E-state index is 0.145. The first kappa shape index (κ1) is 23.2. The van der Waals surface area contributed by atoms with Crippen LogP contribution in [0.15, 0.2) is 23.2 Å². The molecular formula is C21H37N3O3. The van der Waals surface area contributed by atoms with E-state index in [0.717, 1.165) is 35.8 Å². The Hall–Kier alpha value is -1.79. The van der Waals surface area contributed by atoms with E-state index in [-0.39, 0.29) is 12.0 Å². The van der Waals surface area contributed by atoms with E-state index >= 15 is 0 Å². The Kier molecular flexibility index (Phi) is 10.8. The molecule has 154 valence electrons. The Morgan fingerprint density at radius 2 is 1.96 bits per heavy atom. The average Bonchev–Trinajstić information content (AvgIpc) is 2.68. The lowest BCUT2D eigenvalue weighted by Crippen LogP contribution is -2.43. The van der Waals surface area contributed by atoms with E-state index in [9.17, 15) is 5.11 Å². The lowest BCUT2D eigenvalue weighted by molar-refractivity contribution is 0.110. The number of hydrogen-bond donors (Lipinski definition) is 3. The van der Waals surface area contributed by atoms with Crippen LogP contribution in [0.4, 0.5) is 0 Å². The maximum Gasteiger partial charge on any atom is 0.191 e. The molecule has 6 nitrogen and oxygen atoms in total. The maximum absolute atomic E-state index is 9.59. The predicted octanol–water partition coefficient (Wildman–Crippen LogP) is 2.87. The Morgan fingerprint density at radius 3 is 2.59 bits per heavy atom. The number of nitrogens with one attached hydrogen (secondary N) is 2. The molecule has 3 N–H and O–H groups in total. The zero-order chi connectivity index (χ0) is 20.1. The number of benzene rings is 1. The first-order valence-electron chi connectivity index (χ1n) is 9.91. The van der Waals surface area contributed by atoms with E-state index in [1.165, 1.54) is 0 Å². The summed E-state index contributed by atoms with van der Waals surface area (Å²) in [6.45, 7) is 14.1. The third kappa shape index (κ3) is 8.63. The molecule has 1 unspecified atom stereocenters. The van der Waals surface area contributed by atoms with E-state index in [4.69, 9.17) is 14.5 Å². The van der Waals surface area contributed by atoms with Gasteiger partial charge in [-0.15, -0.1) is 0 Å². The van der Waals surface area contributed by atoms with Crippen molar-refractivity contribution in [1.82, 2.24) is 10.6 Å². The fraction of sp³-hybridized carbons (Fsp3) is 0.667. The van der Waals surface area contributed by atoms with Gasteiger partial charge < -0.3 is 25.2 Å². The Morgan fingerprint density at radius 1 is 1.19 bits per heavy atom. The van der Waals surface area contributed by atoms with Gasteiger partial charge in [-0.1, -0.05) is 26.0 Å². The van der Waals surface area contributed by atoms with Gasteiger partial charge >= 0.3 is 0 Å². The molecule has 1 atom stereocenters. The highest BCUT2D eigenvalue weighted by Gasteiger charge is 2.21. The summed E-state index contributed by atoms with van der Waals surface area (Å²) >= 11 is 0. The van der Waals surface area contributed by atoms with Gasteiger partial charge in [-0.05, 0) is 38.8 Å². The second-order valence-electron chi connectivity index (χ2n) is 7.03. The molecule has 0 fully saturated rings. The molecule has 1 rings (SSSR count). The summed E-state index contributed by atoms with van der Waals surface area (Å²) in [5.74, 6) is 1.59. The molecule has 0 spiro atoms. The molecule has 0 saturated heterocycles. The fourth-order valence-corrected chi connectivity index (χ4v) is 2.38. The zero-order valence-electron chi connectivity index (χ0n) is 17.6. The topological polar surface area (TPSA) is 75.1 Å². The van der Waals surface area contributed by atoms with Crippen LogP contribution in [-0.4, -0.2) is 50.6 Å². The second kappa shape index (κ2) is 12.6. The predicted molar refractivity (Wildman–Crippen MR) is 111 cm³/mol. The summed E-state index contributed by atoms with van der Waals surface area (Å²) in [7, 11) is 0. The third-order valence-electron chi connectivity index (χ3n) is 4.58. The molecule has 0 bridgehead atoms. The van der Waals surface area contributed by atoms with Crippen LogP contribution >= 0.6 is 0 Å². The quantitative estimate of drug-likeness (QED) is 0.296. The molecule has 0 radical (unpaired) electrons. The van der Waals surface area contributed by atoms with Gasteiger partial charge in [0, 0.05) is 30.7 Å². The molecule has 1 aromatic carbocycles. The number of rotatable bonds is 12. The van der Waals surface area contributed by atoms with Crippen LogP contribution in [0.3, 0.4) is 0 Å². The monoisotopic (exact) mass is 379 g/mol. The lowest BCUT2D eigenvalue weighted by atomic mass is 9.89. The van der Waals surface area contributed by atoms with Crippen LogP contribution in [0, 0.1) is 12.3 Å². The number of aliphatic hydroxyl groups is 1. The molecule has 0 aliphatic rings. The highest BCUT2D eigenvalue weighted by atomic mass is 16.5. The molecule has 0 aliphatic heterocycles. The summed E-state index contributed by atoms with van der Waals surface area (Å²) in [6.07, 6.45) is 0.895. The lowest BCUT2D eigenvalue weighted by Gasteiger charge is -2.27. The molecule has 0 amide bonds. The Balaban J connectivity index is 2.79. The molecule has 6 heteroatoms. The summed E-state index contributed by atoms with van der Waals surface area (Å²) in [5, 5.41) is 16.2. The molecule has 1 aromatic rings. The minimum atomic E-state index is -0.159. The Labute approximate surface area is 164 Å². The van der Waals surface area contributed by atoms with Gasteiger partial charge in [0.05, 0.1) is 19.8 Å². The minimum Gasteiger partial charge on any atom is -0.491 e. The van der Waals surface area contributed by atoms with E-state index in [0.29, 0.717) is 32.9 Å². The Bertz CT molecular complexity index is 572. The number of aryl methyl sites for hydroxylation is 1. The fourth-order valence-electron chi connectivity index (χ4n) is 2.38. The summed E-state index contributed by atoms with van der Waals surface area (Å²) in [6, 6.07) is 6.17. The van der Waals surface area contributed by atoms with Gasteiger partial charge in [0.2, 0.25) is 0 Å². The number of ether oxygens (including phenoxy) is 2. The second-order valence-corrected chi connectivity index (χ2v) is 7.03. The van der Waals surface area contributed by atoms with Crippen molar-refractivity contribution in [1.29, 1.82) is 0 Å². The van der Waals surface area contributed by atoms with Crippen LogP contribution in [0.25, 0.3) is 0 Å². The van der Waals surface area contributed by atoms with Gasteiger partial charge in [0.1, 0.15) is 12.4 Å². The van der Waals surface area contributed by atoms with Gasteiger partial charge in [-0.3, -0.25) is 0 Å². The molecule has 0 aliphatic carbocycles. The van der Waals surface area contributed by atoms with Crippen LogP contribution in [0.1, 0.15) is 45.2 Å². The first-order chi connectivity index (χ1) is 13.0. The van der Waals surface area contributed by atoms with Crippen molar-refractivity contribution in [3.63, 3.8) is 0 Å². The summed E-state index contributed by atoms with van der Waals surface area (Å²) in [5.41, 5.74) is 2.03. The van der Waals surface area contributed by atoms with Crippen molar-refractivity contribution in [3.05, 3.63) is 29.3 Å². The van der Waals surface area contributed by atoms with Crippen molar-refractivity contribution in [3.8, 4) is 5.75 Å². The van der Waals surface area contributed by atoms with Crippen LogP contribution in [-0.2, 0) is 11.3 Å². The van der Waals surface area contributed by atoms with Gasteiger partial charge in [0.25, 0.3) is 0 Å².